The molecule has 1 atom stereocenters. The second-order valence-electron chi connectivity index (χ2n) is 3.02. The molecule has 0 heterocycles. The first-order valence-electron chi connectivity index (χ1n) is 4.06. The van der Waals surface area contributed by atoms with Gasteiger partial charge in [-0.1, -0.05) is 18.2 Å². The molecule has 0 bridgehead atoms. The zero-order chi connectivity index (χ0) is 10.8. The average molecular weight is 198 g/mol. The number of rotatable bonds is 3. The number of hydrogen-bond acceptors (Lipinski definition) is 2. The van der Waals surface area contributed by atoms with E-state index >= 15 is 0 Å². The maximum absolute atomic E-state index is 13.3. The van der Waals surface area contributed by atoms with Gasteiger partial charge in [0.05, 0.1) is 0 Å². The number of methoxy groups -OCH3 is 1. The molecule has 0 aliphatic heterocycles. The van der Waals surface area contributed by atoms with Crippen LogP contribution in [-0.2, 0) is 15.1 Å². The molecule has 1 N–H and O–H groups in total. The van der Waals surface area contributed by atoms with Gasteiger partial charge in [0.15, 0.2) is 5.60 Å². The summed E-state index contributed by atoms with van der Waals surface area (Å²) in [4.78, 5) is 10.9. The van der Waals surface area contributed by atoms with Gasteiger partial charge in [0.1, 0.15) is 5.82 Å². The number of carboxylic acid groups (broad SMARTS) is 1. The van der Waals surface area contributed by atoms with Crippen LogP contribution in [0.3, 0.4) is 0 Å². The molecule has 0 amide bonds. The van der Waals surface area contributed by atoms with Crippen molar-refractivity contribution in [1.29, 1.82) is 0 Å². The Hall–Kier alpha value is -1.42. The van der Waals surface area contributed by atoms with Crippen LogP contribution in [0.15, 0.2) is 24.3 Å². The van der Waals surface area contributed by atoms with Crippen molar-refractivity contribution in [2.24, 2.45) is 0 Å². The Bertz CT molecular complexity index is 351. The lowest BCUT2D eigenvalue weighted by Crippen LogP contribution is -2.35. The third kappa shape index (κ3) is 1.61. The molecule has 0 fully saturated rings. The maximum Gasteiger partial charge on any atom is 0.340 e. The molecule has 0 radical (unpaired) electrons. The number of carbonyl (C=O) groups is 1. The predicted molar refractivity (Wildman–Crippen MR) is 48.4 cm³/mol. The second-order valence-corrected chi connectivity index (χ2v) is 3.02. The van der Waals surface area contributed by atoms with Crippen LogP contribution in [-0.4, -0.2) is 18.2 Å². The van der Waals surface area contributed by atoms with E-state index in [4.69, 9.17) is 9.84 Å². The van der Waals surface area contributed by atoms with Crippen molar-refractivity contribution in [2.75, 3.05) is 7.11 Å². The molecule has 76 valence electrons. The van der Waals surface area contributed by atoms with Gasteiger partial charge in [-0.15, -0.1) is 0 Å². The van der Waals surface area contributed by atoms with E-state index in [1.165, 1.54) is 32.2 Å². The van der Waals surface area contributed by atoms with Crippen molar-refractivity contribution in [3.8, 4) is 0 Å². The van der Waals surface area contributed by atoms with E-state index in [2.05, 4.69) is 0 Å². The Labute approximate surface area is 81.1 Å². The molecule has 0 spiro atoms. The Kier molecular flexibility index (Phi) is 2.86. The fraction of sp³-hybridized carbons (Fsp3) is 0.300. The fourth-order valence-corrected chi connectivity index (χ4v) is 1.16. The zero-order valence-electron chi connectivity index (χ0n) is 7.95. The molecule has 1 aromatic carbocycles. The first-order valence-corrected chi connectivity index (χ1v) is 4.06. The Balaban J connectivity index is 3.26. The molecule has 1 aromatic rings. The molecule has 1 rings (SSSR count). The van der Waals surface area contributed by atoms with Crippen LogP contribution >= 0.6 is 0 Å². The quantitative estimate of drug-likeness (QED) is 0.805. The summed E-state index contributed by atoms with van der Waals surface area (Å²) in [5.41, 5.74) is -1.61. The molecular formula is C10H11FO3. The van der Waals surface area contributed by atoms with Gasteiger partial charge in [-0.2, -0.15) is 0 Å². The summed E-state index contributed by atoms with van der Waals surface area (Å²) in [6, 6.07) is 5.66. The molecule has 3 nitrogen and oxygen atoms in total. The van der Waals surface area contributed by atoms with Crippen molar-refractivity contribution >= 4 is 5.97 Å². The first kappa shape index (κ1) is 10.7. The number of benzene rings is 1. The van der Waals surface area contributed by atoms with E-state index in [9.17, 15) is 9.18 Å². The van der Waals surface area contributed by atoms with Gasteiger partial charge >= 0.3 is 5.97 Å². The van der Waals surface area contributed by atoms with Crippen LogP contribution in [0.4, 0.5) is 4.39 Å². The van der Waals surface area contributed by atoms with Gasteiger partial charge in [-0.3, -0.25) is 0 Å². The summed E-state index contributed by atoms with van der Waals surface area (Å²) in [5.74, 6) is -1.80. The SMILES string of the molecule is CO[C@@](C)(C(=O)O)c1ccccc1F. The predicted octanol–water partition coefficient (Wildman–Crippen LogP) is 1.77. The highest BCUT2D eigenvalue weighted by molar-refractivity contribution is 5.79. The number of ether oxygens (including phenoxy) is 1. The molecular weight excluding hydrogens is 187 g/mol. The molecule has 0 aromatic heterocycles. The van der Waals surface area contributed by atoms with Crippen LogP contribution in [0.1, 0.15) is 12.5 Å². The van der Waals surface area contributed by atoms with E-state index in [0.29, 0.717) is 0 Å². The molecule has 0 unspecified atom stereocenters. The molecule has 0 aliphatic carbocycles. The van der Waals surface area contributed by atoms with Crippen molar-refractivity contribution < 1.29 is 19.0 Å². The monoisotopic (exact) mass is 198 g/mol. The van der Waals surface area contributed by atoms with E-state index < -0.39 is 17.4 Å². The number of halogens is 1. The average Bonchev–Trinajstić information content (AvgIpc) is 2.17. The smallest absolute Gasteiger partial charge is 0.340 e. The van der Waals surface area contributed by atoms with E-state index in [1.54, 1.807) is 6.07 Å². The summed E-state index contributed by atoms with van der Waals surface area (Å²) in [6.07, 6.45) is 0. The van der Waals surface area contributed by atoms with Gasteiger partial charge in [0, 0.05) is 12.7 Å². The third-order valence-electron chi connectivity index (χ3n) is 2.20. The van der Waals surface area contributed by atoms with Gasteiger partial charge in [0.25, 0.3) is 0 Å². The third-order valence-corrected chi connectivity index (χ3v) is 2.20. The van der Waals surface area contributed by atoms with Crippen LogP contribution in [0.5, 0.6) is 0 Å². The zero-order valence-corrected chi connectivity index (χ0v) is 7.95. The van der Waals surface area contributed by atoms with Crippen molar-refractivity contribution in [3.05, 3.63) is 35.6 Å². The van der Waals surface area contributed by atoms with Crippen molar-refractivity contribution in [1.82, 2.24) is 0 Å². The summed E-state index contributed by atoms with van der Waals surface area (Å²) < 4.78 is 18.1. The molecule has 0 aliphatic rings. The van der Waals surface area contributed by atoms with E-state index in [-0.39, 0.29) is 5.56 Å². The second kappa shape index (κ2) is 3.75. The highest BCUT2D eigenvalue weighted by atomic mass is 19.1. The maximum atomic E-state index is 13.3. The van der Waals surface area contributed by atoms with Crippen LogP contribution in [0.25, 0.3) is 0 Å². The Morgan fingerprint density at radius 3 is 2.50 bits per heavy atom. The Morgan fingerprint density at radius 2 is 2.07 bits per heavy atom. The normalized spacial score (nSPS) is 14.8. The van der Waals surface area contributed by atoms with Gasteiger partial charge in [-0.25, -0.2) is 9.18 Å². The van der Waals surface area contributed by atoms with Gasteiger partial charge in [0.2, 0.25) is 0 Å². The first-order chi connectivity index (χ1) is 6.52. The minimum absolute atomic E-state index is 0.0231. The van der Waals surface area contributed by atoms with Gasteiger partial charge < -0.3 is 9.84 Å². The lowest BCUT2D eigenvalue weighted by molar-refractivity contribution is -0.161. The largest absolute Gasteiger partial charge is 0.479 e. The van der Waals surface area contributed by atoms with Gasteiger partial charge in [-0.05, 0) is 13.0 Å². The minimum Gasteiger partial charge on any atom is -0.479 e. The summed E-state index contributed by atoms with van der Waals surface area (Å²) in [6.45, 7) is 1.31. The Morgan fingerprint density at radius 1 is 1.50 bits per heavy atom. The summed E-state index contributed by atoms with van der Waals surface area (Å²) in [7, 11) is 1.24. The lowest BCUT2D eigenvalue weighted by Gasteiger charge is -2.23. The lowest BCUT2D eigenvalue weighted by atomic mass is 9.95. The minimum atomic E-state index is -1.63. The van der Waals surface area contributed by atoms with E-state index in [0.717, 1.165) is 0 Å². The summed E-state index contributed by atoms with van der Waals surface area (Å²) in [5, 5.41) is 8.92. The van der Waals surface area contributed by atoms with Crippen LogP contribution < -0.4 is 0 Å². The standard InChI is InChI=1S/C10H11FO3/c1-10(14-2,9(12)13)7-5-3-4-6-8(7)11/h3-6H,1-2H3,(H,12,13)/t10-/m1/s1. The summed E-state index contributed by atoms with van der Waals surface area (Å²) >= 11 is 0. The number of carboxylic acids is 1. The van der Waals surface area contributed by atoms with Crippen molar-refractivity contribution in [3.63, 3.8) is 0 Å². The highest BCUT2D eigenvalue weighted by Crippen LogP contribution is 2.26. The number of hydrogen-bond donors (Lipinski definition) is 1. The molecule has 0 saturated heterocycles. The molecule has 4 heteroatoms. The van der Waals surface area contributed by atoms with Crippen LogP contribution in [0.2, 0.25) is 0 Å². The van der Waals surface area contributed by atoms with Crippen molar-refractivity contribution in [2.45, 2.75) is 12.5 Å². The number of aliphatic carboxylic acids is 1. The van der Waals surface area contributed by atoms with E-state index in [1.807, 2.05) is 0 Å². The molecule has 14 heavy (non-hydrogen) atoms. The highest BCUT2D eigenvalue weighted by Gasteiger charge is 2.37. The fourth-order valence-electron chi connectivity index (χ4n) is 1.16. The van der Waals surface area contributed by atoms with Crippen LogP contribution in [0, 0.1) is 5.82 Å². The topological polar surface area (TPSA) is 46.5 Å². The molecule has 0 saturated carbocycles.